The molecule has 0 aromatic heterocycles. The summed E-state index contributed by atoms with van der Waals surface area (Å²) in [5, 5.41) is 11.6. The lowest BCUT2D eigenvalue weighted by Gasteiger charge is -2.28. The molecule has 0 spiro atoms. The first-order chi connectivity index (χ1) is 17.1. The van der Waals surface area contributed by atoms with Gasteiger partial charge in [0, 0.05) is 6.54 Å². The van der Waals surface area contributed by atoms with Crippen molar-refractivity contribution in [1.82, 2.24) is 4.90 Å². The van der Waals surface area contributed by atoms with E-state index in [2.05, 4.69) is 25.7 Å². The predicted octanol–water partition coefficient (Wildman–Crippen LogP) is 6.75. The molecule has 1 atom stereocenters. The Morgan fingerprint density at radius 3 is 1.92 bits per heavy atom. The van der Waals surface area contributed by atoms with Gasteiger partial charge in [0.15, 0.2) is 0 Å². The van der Waals surface area contributed by atoms with E-state index in [9.17, 15) is 9.90 Å². The zero-order valence-corrected chi connectivity index (χ0v) is 23.2. The highest BCUT2D eigenvalue weighted by molar-refractivity contribution is 5.85. The summed E-state index contributed by atoms with van der Waals surface area (Å²) in [7, 11) is 0. The standard InChI is InChI=1S/C30H45NO4.ClH/c1-4-7-8-9-10-11-12-16-24-34-28-21-19-27(20-22-28)30(33,26-17-14-13-15-18-26)29(32)35-25-23-31(5-2)6-3;/h13-15,17-22,33H,4-12,16,23-25H2,1-3H3;1H. The Kier molecular flexibility index (Phi) is 16.2. The van der Waals surface area contributed by atoms with Crippen LogP contribution in [0.2, 0.25) is 0 Å². The first-order valence-corrected chi connectivity index (χ1v) is 13.5. The maximum Gasteiger partial charge on any atom is 0.347 e. The van der Waals surface area contributed by atoms with E-state index in [4.69, 9.17) is 9.47 Å². The number of rotatable bonds is 18. The lowest BCUT2D eigenvalue weighted by atomic mass is 9.86. The van der Waals surface area contributed by atoms with Crippen molar-refractivity contribution in [2.75, 3.05) is 32.8 Å². The zero-order valence-electron chi connectivity index (χ0n) is 22.4. The van der Waals surface area contributed by atoms with E-state index >= 15 is 0 Å². The van der Waals surface area contributed by atoms with Crippen LogP contribution in [-0.2, 0) is 15.1 Å². The van der Waals surface area contributed by atoms with Crippen molar-refractivity contribution >= 4 is 18.4 Å². The second-order valence-corrected chi connectivity index (χ2v) is 9.09. The molecule has 0 heterocycles. The molecule has 1 N–H and O–H groups in total. The Hall–Kier alpha value is -2.08. The van der Waals surface area contributed by atoms with Gasteiger partial charge < -0.3 is 19.5 Å². The molecule has 2 aromatic carbocycles. The number of likely N-dealkylation sites (N-methyl/N-ethyl adjacent to an activating group) is 1. The number of esters is 1. The highest BCUT2D eigenvalue weighted by Gasteiger charge is 2.41. The van der Waals surface area contributed by atoms with Crippen molar-refractivity contribution in [1.29, 1.82) is 0 Å². The summed E-state index contributed by atoms with van der Waals surface area (Å²) in [6.07, 6.45) is 10.1. The third-order valence-electron chi connectivity index (χ3n) is 6.56. The molecular formula is C30H46ClNO4. The minimum atomic E-state index is -1.87. The van der Waals surface area contributed by atoms with Gasteiger partial charge in [-0.25, -0.2) is 4.79 Å². The van der Waals surface area contributed by atoms with Gasteiger partial charge in [-0.05, 0) is 42.8 Å². The molecule has 0 aliphatic heterocycles. The molecule has 0 fully saturated rings. The number of carbonyl (C=O) groups excluding carboxylic acids is 1. The maximum atomic E-state index is 13.1. The van der Waals surface area contributed by atoms with Crippen LogP contribution in [0, 0.1) is 0 Å². The van der Waals surface area contributed by atoms with Crippen molar-refractivity contribution in [2.45, 2.75) is 77.7 Å². The molecule has 2 rings (SSSR count). The molecule has 0 radical (unpaired) electrons. The molecular weight excluding hydrogens is 474 g/mol. The van der Waals surface area contributed by atoms with Gasteiger partial charge in [-0.2, -0.15) is 0 Å². The molecule has 1 unspecified atom stereocenters. The number of aliphatic hydroxyl groups is 1. The van der Waals surface area contributed by atoms with Crippen molar-refractivity contribution in [2.24, 2.45) is 0 Å². The van der Waals surface area contributed by atoms with Crippen molar-refractivity contribution in [3.8, 4) is 5.75 Å². The van der Waals surface area contributed by atoms with E-state index in [-0.39, 0.29) is 19.0 Å². The predicted molar refractivity (Wildman–Crippen MR) is 150 cm³/mol. The molecule has 6 heteroatoms. The number of unbranched alkanes of at least 4 members (excludes halogenated alkanes) is 7. The number of hydrogen-bond donors (Lipinski definition) is 1. The fraction of sp³-hybridized carbons (Fsp3) is 0.567. The summed E-state index contributed by atoms with van der Waals surface area (Å²) in [5.74, 6) is 0.0745. The van der Waals surface area contributed by atoms with Crippen LogP contribution in [0.5, 0.6) is 5.75 Å². The number of nitrogens with zero attached hydrogens (tertiary/aromatic N) is 1. The van der Waals surface area contributed by atoms with E-state index in [1.807, 2.05) is 30.3 Å². The van der Waals surface area contributed by atoms with E-state index in [1.165, 1.54) is 44.9 Å². The normalized spacial score (nSPS) is 12.6. The van der Waals surface area contributed by atoms with Crippen LogP contribution in [0.15, 0.2) is 54.6 Å². The second-order valence-electron chi connectivity index (χ2n) is 9.09. The third kappa shape index (κ3) is 10.1. The monoisotopic (exact) mass is 519 g/mol. The Balaban J connectivity index is 0.00000648. The molecule has 202 valence electrons. The summed E-state index contributed by atoms with van der Waals surface area (Å²) in [6, 6.07) is 16.1. The molecule has 0 bridgehead atoms. The highest BCUT2D eigenvalue weighted by Crippen LogP contribution is 2.32. The van der Waals surface area contributed by atoms with E-state index in [0.717, 1.165) is 25.3 Å². The minimum Gasteiger partial charge on any atom is -0.494 e. The summed E-state index contributed by atoms with van der Waals surface area (Å²) >= 11 is 0. The molecule has 5 nitrogen and oxygen atoms in total. The number of benzene rings is 2. The minimum absolute atomic E-state index is 0. The Bertz CT molecular complexity index is 827. The fourth-order valence-electron chi connectivity index (χ4n) is 4.21. The average molecular weight is 520 g/mol. The van der Waals surface area contributed by atoms with Gasteiger partial charge >= 0.3 is 5.97 Å². The molecule has 36 heavy (non-hydrogen) atoms. The summed E-state index contributed by atoms with van der Waals surface area (Å²) in [6.45, 7) is 9.70. The molecule has 0 aliphatic rings. The van der Waals surface area contributed by atoms with E-state index in [1.54, 1.807) is 24.3 Å². The van der Waals surface area contributed by atoms with Gasteiger partial charge in [0.25, 0.3) is 0 Å². The van der Waals surface area contributed by atoms with Gasteiger partial charge in [0.2, 0.25) is 5.60 Å². The lowest BCUT2D eigenvalue weighted by molar-refractivity contribution is -0.162. The summed E-state index contributed by atoms with van der Waals surface area (Å²) in [5.41, 5.74) is -0.919. The molecule has 0 aliphatic carbocycles. The quantitative estimate of drug-likeness (QED) is 0.174. The van der Waals surface area contributed by atoms with Gasteiger partial charge in [0.05, 0.1) is 6.61 Å². The van der Waals surface area contributed by atoms with Crippen LogP contribution in [-0.4, -0.2) is 48.8 Å². The van der Waals surface area contributed by atoms with Crippen LogP contribution in [0.25, 0.3) is 0 Å². The van der Waals surface area contributed by atoms with Crippen LogP contribution in [0.1, 0.15) is 83.3 Å². The third-order valence-corrected chi connectivity index (χ3v) is 6.56. The smallest absolute Gasteiger partial charge is 0.347 e. The van der Waals surface area contributed by atoms with Gasteiger partial charge in [-0.1, -0.05) is 108 Å². The van der Waals surface area contributed by atoms with Gasteiger partial charge in [-0.15, -0.1) is 12.4 Å². The topological polar surface area (TPSA) is 59.0 Å². The van der Waals surface area contributed by atoms with E-state index in [0.29, 0.717) is 24.3 Å². The van der Waals surface area contributed by atoms with Crippen molar-refractivity contribution in [3.05, 3.63) is 65.7 Å². The molecule has 2 aromatic rings. The van der Waals surface area contributed by atoms with Gasteiger partial charge in [-0.3, -0.25) is 0 Å². The van der Waals surface area contributed by atoms with Gasteiger partial charge in [0.1, 0.15) is 12.4 Å². The van der Waals surface area contributed by atoms with Crippen LogP contribution in [0.3, 0.4) is 0 Å². The molecule has 0 amide bonds. The average Bonchev–Trinajstić information content (AvgIpc) is 2.90. The fourth-order valence-corrected chi connectivity index (χ4v) is 4.21. The van der Waals surface area contributed by atoms with Crippen molar-refractivity contribution < 1.29 is 19.4 Å². The SMILES string of the molecule is CCCCCCCCCCOc1ccc(C(O)(C(=O)OCCN(CC)CC)c2ccccc2)cc1.Cl. The summed E-state index contributed by atoms with van der Waals surface area (Å²) in [4.78, 5) is 15.3. The number of halogens is 1. The lowest BCUT2D eigenvalue weighted by Crippen LogP contribution is -2.40. The van der Waals surface area contributed by atoms with Crippen molar-refractivity contribution in [3.63, 3.8) is 0 Å². The summed E-state index contributed by atoms with van der Waals surface area (Å²) < 4.78 is 11.4. The number of carbonyl (C=O) groups is 1. The Labute approximate surface area is 224 Å². The van der Waals surface area contributed by atoms with E-state index < -0.39 is 11.6 Å². The number of hydrogen-bond acceptors (Lipinski definition) is 5. The van der Waals surface area contributed by atoms with Crippen LogP contribution in [0.4, 0.5) is 0 Å². The Morgan fingerprint density at radius 1 is 0.778 bits per heavy atom. The molecule has 0 saturated heterocycles. The first-order valence-electron chi connectivity index (χ1n) is 13.5. The zero-order chi connectivity index (χ0) is 25.4. The highest BCUT2D eigenvalue weighted by atomic mass is 35.5. The second kappa shape index (κ2) is 18.2. The first kappa shape index (κ1) is 31.9. The van der Waals surface area contributed by atoms with Crippen LogP contribution < -0.4 is 4.74 Å². The largest absolute Gasteiger partial charge is 0.494 e. The molecule has 0 saturated carbocycles. The van der Waals surface area contributed by atoms with Crippen LogP contribution >= 0.6 is 12.4 Å². The number of ether oxygens (including phenoxy) is 2. The maximum absolute atomic E-state index is 13.1. The Morgan fingerprint density at radius 2 is 1.33 bits per heavy atom.